The minimum absolute atomic E-state index is 0.239. The molecule has 4 unspecified atom stereocenters. The van der Waals surface area contributed by atoms with Gasteiger partial charge in [0.1, 0.15) is 0 Å². The normalized spacial score (nSPS) is 37.2. The standard InChI is InChI=1S/C15H28N2O/c1-3-12-5-4-6-14(10-12)17-15(18)13-7-8-16-11(2)9-13/h11-14,16H,3-10H2,1-2H3,(H,17,18). The van der Waals surface area contributed by atoms with E-state index in [-0.39, 0.29) is 5.92 Å². The van der Waals surface area contributed by atoms with Gasteiger partial charge in [-0.3, -0.25) is 4.79 Å². The molecule has 2 rings (SSSR count). The highest BCUT2D eigenvalue weighted by Crippen LogP contribution is 2.27. The lowest BCUT2D eigenvalue weighted by Gasteiger charge is -2.32. The number of amides is 1. The van der Waals surface area contributed by atoms with Crippen molar-refractivity contribution in [2.75, 3.05) is 6.54 Å². The van der Waals surface area contributed by atoms with Gasteiger partial charge in [0.15, 0.2) is 0 Å². The average Bonchev–Trinajstić information content (AvgIpc) is 2.39. The summed E-state index contributed by atoms with van der Waals surface area (Å²) in [5.74, 6) is 1.38. The van der Waals surface area contributed by atoms with Gasteiger partial charge in [-0.15, -0.1) is 0 Å². The second-order valence-corrected chi connectivity index (χ2v) is 6.22. The van der Waals surface area contributed by atoms with Crippen LogP contribution in [0.15, 0.2) is 0 Å². The quantitative estimate of drug-likeness (QED) is 0.810. The number of carbonyl (C=O) groups excluding carboxylic acids is 1. The van der Waals surface area contributed by atoms with E-state index in [1.807, 2.05) is 0 Å². The van der Waals surface area contributed by atoms with Crippen molar-refractivity contribution in [2.45, 2.75) is 70.9 Å². The van der Waals surface area contributed by atoms with Crippen LogP contribution in [-0.2, 0) is 4.79 Å². The van der Waals surface area contributed by atoms with E-state index in [9.17, 15) is 4.79 Å². The van der Waals surface area contributed by atoms with E-state index >= 15 is 0 Å². The van der Waals surface area contributed by atoms with Gasteiger partial charge in [-0.2, -0.15) is 0 Å². The Balaban J connectivity index is 1.79. The molecule has 1 heterocycles. The van der Waals surface area contributed by atoms with Crippen LogP contribution in [0.2, 0.25) is 0 Å². The smallest absolute Gasteiger partial charge is 0.223 e. The molecule has 1 saturated heterocycles. The lowest BCUT2D eigenvalue weighted by Crippen LogP contribution is -2.46. The van der Waals surface area contributed by atoms with Crippen molar-refractivity contribution < 1.29 is 4.79 Å². The molecule has 2 N–H and O–H groups in total. The summed E-state index contributed by atoms with van der Waals surface area (Å²) < 4.78 is 0. The SMILES string of the molecule is CCC1CCCC(NC(=O)C2CCNC(C)C2)C1. The summed E-state index contributed by atoms with van der Waals surface area (Å²) >= 11 is 0. The van der Waals surface area contributed by atoms with Crippen LogP contribution >= 0.6 is 0 Å². The van der Waals surface area contributed by atoms with Crippen LogP contribution in [-0.4, -0.2) is 24.5 Å². The van der Waals surface area contributed by atoms with Crippen LogP contribution in [0, 0.1) is 11.8 Å². The van der Waals surface area contributed by atoms with Gasteiger partial charge in [0.05, 0.1) is 0 Å². The summed E-state index contributed by atoms with van der Waals surface area (Å²) in [5.41, 5.74) is 0. The zero-order valence-corrected chi connectivity index (χ0v) is 11.9. The molecule has 1 aliphatic heterocycles. The first-order valence-corrected chi connectivity index (χ1v) is 7.72. The lowest BCUT2D eigenvalue weighted by atomic mass is 9.83. The monoisotopic (exact) mass is 252 g/mol. The molecule has 18 heavy (non-hydrogen) atoms. The second kappa shape index (κ2) is 6.55. The minimum Gasteiger partial charge on any atom is -0.353 e. The molecule has 1 amide bonds. The molecule has 3 nitrogen and oxygen atoms in total. The maximum absolute atomic E-state index is 12.3. The van der Waals surface area contributed by atoms with E-state index in [0.717, 1.165) is 25.3 Å². The zero-order chi connectivity index (χ0) is 13.0. The third-order valence-corrected chi connectivity index (χ3v) is 4.70. The number of hydrogen-bond donors (Lipinski definition) is 2. The molecule has 4 atom stereocenters. The van der Waals surface area contributed by atoms with Crippen LogP contribution in [0.3, 0.4) is 0 Å². The fourth-order valence-corrected chi connectivity index (χ4v) is 3.48. The van der Waals surface area contributed by atoms with Gasteiger partial charge in [-0.05, 0) is 45.1 Å². The molecular weight excluding hydrogens is 224 g/mol. The predicted molar refractivity (Wildman–Crippen MR) is 74.4 cm³/mol. The van der Waals surface area contributed by atoms with Crippen molar-refractivity contribution in [1.29, 1.82) is 0 Å². The maximum Gasteiger partial charge on any atom is 0.223 e. The molecule has 2 aliphatic rings. The number of nitrogens with one attached hydrogen (secondary N) is 2. The van der Waals surface area contributed by atoms with E-state index in [0.29, 0.717) is 18.0 Å². The van der Waals surface area contributed by atoms with Gasteiger partial charge in [-0.25, -0.2) is 0 Å². The molecule has 0 radical (unpaired) electrons. The molecule has 104 valence electrons. The predicted octanol–water partition coefficient (Wildman–Crippen LogP) is 2.46. The molecule has 0 spiro atoms. The largest absolute Gasteiger partial charge is 0.353 e. The zero-order valence-electron chi connectivity index (χ0n) is 11.9. The van der Waals surface area contributed by atoms with Crippen molar-refractivity contribution >= 4 is 5.91 Å². The van der Waals surface area contributed by atoms with Crippen LogP contribution in [0.5, 0.6) is 0 Å². The third-order valence-electron chi connectivity index (χ3n) is 4.70. The number of hydrogen-bond acceptors (Lipinski definition) is 2. The molecule has 1 saturated carbocycles. The van der Waals surface area contributed by atoms with Gasteiger partial charge >= 0.3 is 0 Å². The van der Waals surface area contributed by atoms with E-state index in [1.54, 1.807) is 0 Å². The first-order valence-electron chi connectivity index (χ1n) is 7.72. The third kappa shape index (κ3) is 3.71. The number of rotatable bonds is 3. The fraction of sp³-hybridized carbons (Fsp3) is 0.933. The first-order chi connectivity index (χ1) is 8.69. The molecular formula is C15H28N2O. The Morgan fingerprint density at radius 2 is 2.11 bits per heavy atom. The van der Waals surface area contributed by atoms with Crippen molar-refractivity contribution in [2.24, 2.45) is 11.8 Å². The van der Waals surface area contributed by atoms with Crippen molar-refractivity contribution in [3.8, 4) is 0 Å². The van der Waals surface area contributed by atoms with E-state index in [2.05, 4.69) is 24.5 Å². The Hall–Kier alpha value is -0.570. The van der Waals surface area contributed by atoms with Gasteiger partial charge in [-0.1, -0.05) is 26.2 Å². The Bertz CT molecular complexity index is 280. The van der Waals surface area contributed by atoms with E-state index in [1.165, 1.54) is 32.1 Å². The van der Waals surface area contributed by atoms with Gasteiger partial charge in [0.2, 0.25) is 5.91 Å². The van der Waals surface area contributed by atoms with E-state index in [4.69, 9.17) is 0 Å². The molecule has 0 aromatic rings. The number of piperidine rings is 1. The van der Waals surface area contributed by atoms with Crippen LogP contribution < -0.4 is 10.6 Å². The highest BCUT2D eigenvalue weighted by molar-refractivity contribution is 5.79. The Morgan fingerprint density at radius 1 is 1.28 bits per heavy atom. The summed E-state index contributed by atoms with van der Waals surface area (Å²) in [5, 5.41) is 6.71. The molecule has 3 heteroatoms. The fourth-order valence-electron chi connectivity index (χ4n) is 3.48. The van der Waals surface area contributed by atoms with Crippen molar-refractivity contribution in [1.82, 2.24) is 10.6 Å². The maximum atomic E-state index is 12.3. The Morgan fingerprint density at radius 3 is 2.83 bits per heavy atom. The minimum atomic E-state index is 0.239. The average molecular weight is 252 g/mol. The highest BCUT2D eigenvalue weighted by Gasteiger charge is 2.28. The summed E-state index contributed by atoms with van der Waals surface area (Å²) in [6.07, 6.45) is 8.28. The Labute approximate surface area is 111 Å². The molecule has 2 fully saturated rings. The van der Waals surface area contributed by atoms with Crippen molar-refractivity contribution in [3.63, 3.8) is 0 Å². The molecule has 0 aromatic heterocycles. The lowest BCUT2D eigenvalue weighted by molar-refractivity contribution is -0.127. The van der Waals surface area contributed by atoms with Crippen LogP contribution in [0.25, 0.3) is 0 Å². The summed E-state index contributed by atoms with van der Waals surface area (Å²) in [7, 11) is 0. The van der Waals surface area contributed by atoms with E-state index < -0.39 is 0 Å². The van der Waals surface area contributed by atoms with Crippen molar-refractivity contribution in [3.05, 3.63) is 0 Å². The van der Waals surface area contributed by atoms with Gasteiger partial charge in [0.25, 0.3) is 0 Å². The molecule has 1 aliphatic carbocycles. The highest BCUT2D eigenvalue weighted by atomic mass is 16.1. The van der Waals surface area contributed by atoms with Crippen LogP contribution in [0.4, 0.5) is 0 Å². The van der Waals surface area contributed by atoms with Gasteiger partial charge in [0, 0.05) is 18.0 Å². The molecule has 0 aromatic carbocycles. The topological polar surface area (TPSA) is 41.1 Å². The molecule has 0 bridgehead atoms. The Kier molecular flexibility index (Phi) is 5.04. The van der Waals surface area contributed by atoms with Crippen LogP contribution in [0.1, 0.15) is 58.8 Å². The number of carbonyl (C=O) groups is 1. The second-order valence-electron chi connectivity index (χ2n) is 6.22. The van der Waals surface area contributed by atoms with Gasteiger partial charge < -0.3 is 10.6 Å². The first kappa shape index (κ1) is 13.9. The summed E-state index contributed by atoms with van der Waals surface area (Å²) in [4.78, 5) is 12.3. The summed E-state index contributed by atoms with van der Waals surface area (Å²) in [6.45, 7) is 5.43. The summed E-state index contributed by atoms with van der Waals surface area (Å²) in [6, 6.07) is 0.936.